The zero-order valence-corrected chi connectivity index (χ0v) is 17.6. The summed E-state index contributed by atoms with van der Waals surface area (Å²) in [7, 11) is 0. The van der Waals surface area contributed by atoms with Gasteiger partial charge in [-0.05, 0) is 100 Å². The van der Waals surface area contributed by atoms with E-state index < -0.39 is 0 Å². The summed E-state index contributed by atoms with van der Waals surface area (Å²) in [5.41, 5.74) is 0.326. The summed E-state index contributed by atoms with van der Waals surface area (Å²) in [4.78, 5) is 5.42. The maximum Gasteiger partial charge on any atom is 0.0612 e. The van der Waals surface area contributed by atoms with Gasteiger partial charge in [0.2, 0.25) is 0 Å². The van der Waals surface area contributed by atoms with Gasteiger partial charge in [0.15, 0.2) is 0 Å². The minimum Gasteiger partial charge on any atom is -0.373 e. The molecule has 0 spiro atoms. The first-order valence-electron chi connectivity index (χ1n) is 10.1. The van der Waals surface area contributed by atoms with Crippen LogP contribution in [0.5, 0.6) is 0 Å². The van der Waals surface area contributed by atoms with Gasteiger partial charge >= 0.3 is 0 Å². The molecule has 1 aliphatic carbocycles. The Morgan fingerprint density at radius 2 is 1.54 bits per heavy atom. The quantitative estimate of drug-likeness (QED) is 0.731. The van der Waals surface area contributed by atoms with Crippen molar-refractivity contribution in [2.24, 2.45) is 5.92 Å². The molecule has 142 valence electrons. The SMILES string of the molecule is CC(C)N(CC1CCN(C(C)(C)C)CC1)[C@H]1C[C@@H](OC(C)(C)C)C1. The van der Waals surface area contributed by atoms with Crippen LogP contribution in [0.15, 0.2) is 0 Å². The van der Waals surface area contributed by atoms with Gasteiger partial charge in [0.1, 0.15) is 0 Å². The molecule has 0 amide bonds. The molecule has 0 aromatic heterocycles. The van der Waals surface area contributed by atoms with Crippen molar-refractivity contribution in [2.75, 3.05) is 19.6 Å². The molecule has 0 atom stereocenters. The molecule has 0 radical (unpaired) electrons. The third kappa shape index (κ3) is 5.71. The number of nitrogens with zero attached hydrogens (tertiary/aromatic N) is 2. The van der Waals surface area contributed by atoms with Crippen LogP contribution in [0.3, 0.4) is 0 Å². The van der Waals surface area contributed by atoms with E-state index in [9.17, 15) is 0 Å². The van der Waals surface area contributed by atoms with Gasteiger partial charge in [-0.2, -0.15) is 0 Å². The summed E-state index contributed by atoms with van der Waals surface area (Å²) < 4.78 is 6.14. The van der Waals surface area contributed by atoms with Gasteiger partial charge in [-0.15, -0.1) is 0 Å². The summed E-state index contributed by atoms with van der Waals surface area (Å²) in [6, 6.07) is 1.38. The van der Waals surface area contributed by atoms with Crippen molar-refractivity contribution >= 4 is 0 Å². The second kappa shape index (κ2) is 7.63. The van der Waals surface area contributed by atoms with Crippen molar-refractivity contribution < 1.29 is 4.74 Å². The topological polar surface area (TPSA) is 15.7 Å². The molecule has 0 unspecified atom stereocenters. The number of likely N-dealkylation sites (tertiary alicyclic amines) is 1. The second-order valence-electron chi connectivity index (χ2n) is 10.4. The smallest absolute Gasteiger partial charge is 0.0612 e. The second-order valence-corrected chi connectivity index (χ2v) is 10.4. The molecule has 0 aromatic rings. The van der Waals surface area contributed by atoms with E-state index >= 15 is 0 Å². The number of hydrogen-bond donors (Lipinski definition) is 0. The molecular formula is C21H42N2O. The van der Waals surface area contributed by atoms with Crippen LogP contribution in [-0.2, 0) is 4.74 Å². The first-order valence-corrected chi connectivity index (χ1v) is 10.1. The number of piperidine rings is 1. The van der Waals surface area contributed by atoms with E-state index in [1.807, 2.05) is 0 Å². The van der Waals surface area contributed by atoms with Crippen LogP contribution in [0.2, 0.25) is 0 Å². The van der Waals surface area contributed by atoms with Gasteiger partial charge in [0.05, 0.1) is 11.7 Å². The highest BCUT2D eigenvalue weighted by atomic mass is 16.5. The summed E-state index contributed by atoms with van der Waals surface area (Å²) in [5.74, 6) is 0.869. The van der Waals surface area contributed by atoms with Crippen LogP contribution < -0.4 is 0 Å². The number of hydrogen-bond acceptors (Lipinski definition) is 3. The van der Waals surface area contributed by atoms with E-state index in [1.165, 1.54) is 45.3 Å². The van der Waals surface area contributed by atoms with Crippen molar-refractivity contribution in [3.8, 4) is 0 Å². The van der Waals surface area contributed by atoms with Gasteiger partial charge in [0.25, 0.3) is 0 Å². The Morgan fingerprint density at radius 1 is 1.00 bits per heavy atom. The maximum absolute atomic E-state index is 6.14. The largest absolute Gasteiger partial charge is 0.373 e. The maximum atomic E-state index is 6.14. The fourth-order valence-electron chi connectivity index (χ4n) is 4.27. The first-order chi connectivity index (χ1) is 11.0. The normalized spacial score (nSPS) is 27.8. The number of ether oxygens (including phenoxy) is 1. The molecule has 2 fully saturated rings. The van der Waals surface area contributed by atoms with E-state index in [0.29, 0.717) is 17.7 Å². The summed E-state index contributed by atoms with van der Waals surface area (Å²) >= 11 is 0. The third-order valence-electron chi connectivity index (χ3n) is 5.75. The monoisotopic (exact) mass is 338 g/mol. The van der Waals surface area contributed by atoms with Crippen LogP contribution in [0.4, 0.5) is 0 Å². The molecule has 3 heteroatoms. The molecule has 0 bridgehead atoms. The molecule has 2 rings (SSSR count). The minimum absolute atomic E-state index is 0.00190. The lowest BCUT2D eigenvalue weighted by atomic mass is 9.84. The molecule has 2 aliphatic rings. The standard InChI is InChI=1S/C21H42N2O/c1-16(2)23(18-13-19(14-18)24-21(6,7)8)15-17-9-11-22(12-10-17)20(3,4)5/h16-19H,9-15H2,1-8H3/t18-,19+. The fourth-order valence-corrected chi connectivity index (χ4v) is 4.27. The van der Waals surface area contributed by atoms with Gasteiger partial charge < -0.3 is 4.74 Å². The van der Waals surface area contributed by atoms with E-state index in [2.05, 4.69) is 65.2 Å². The molecule has 24 heavy (non-hydrogen) atoms. The summed E-state index contributed by atoms with van der Waals surface area (Å²) in [5, 5.41) is 0. The number of rotatable bonds is 5. The lowest BCUT2D eigenvalue weighted by Crippen LogP contribution is -2.54. The van der Waals surface area contributed by atoms with Crippen LogP contribution in [0.25, 0.3) is 0 Å². The average molecular weight is 339 g/mol. The Bertz CT molecular complexity index is 380. The lowest BCUT2D eigenvalue weighted by Gasteiger charge is -2.48. The predicted molar refractivity (Wildman–Crippen MR) is 104 cm³/mol. The van der Waals surface area contributed by atoms with E-state index in [4.69, 9.17) is 4.74 Å². The van der Waals surface area contributed by atoms with E-state index in [-0.39, 0.29) is 5.60 Å². The van der Waals surface area contributed by atoms with Crippen LogP contribution in [0, 0.1) is 5.92 Å². The Morgan fingerprint density at radius 3 is 1.96 bits per heavy atom. The zero-order valence-electron chi connectivity index (χ0n) is 17.6. The lowest BCUT2D eigenvalue weighted by molar-refractivity contribution is -0.125. The zero-order chi connectivity index (χ0) is 18.1. The van der Waals surface area contributed by atoms with Gasteiger partial charge in [-0.25, -0.2) is 0 Å². The molecular weight excluding hydrogens is 296 g/mol. The van der Waals surface area contributed by atoms with Crippen molar-refractivity contribution in [3.05, 3.63) is 0 Å². The Kier molecular flexibility index (Phi) is 6.42. The van der Waals surface area contributed by atoms with Crippen LogP contribution in [-0.4, -0.2) is 58.8 Å². The predicted octanol–water partition coefficient (Wildman–Crippen LogP) is 4.55. The van der Waals surface area contributed by atoms with Crippen LogP contribution >= 0.6 is 0 Å². The highest BCUT2D eigenvalue weighted by Crippen LogP contribution is 2.34. The minimum atomic E-state index is -0.00190. The van der Waals surface area contributed by atoms with Gasteiger partial charge in [-0.3, -0.25) is 9.80 Å². The molecule has 1 saturated carbocycles. The van der Waals surface area contributed by atoms with Gasteiger partial charge in [0, 0.05) is 24.2 Å². The molecule has 1 heterocycles. The fraction of sp³-hybridized carbons (Fsp3) is 1.00. The van der Waals surface area contributed by atoms with Crippen molar-refractivity contribution in [1.29, 1.82) is 0 Å². The average Bonchev–Trinajstić information content (AvgIpc) is 2.38. The van der Waals surface area contributed by atoms with Crippen LogP contribution in [0.1, 0.15) is 81.1 Å². The third-order valence-corrected chi connectivity index (χ3v) is 5.75. The Balaban J connectivity index is 1.79. The van der Waals surface area contributed by atoms with Crippen molar-refractivity contribution in [3.63, 3.8) is 0 Å². The molecule has 3 nitrogen and oxygen atoms in total. The molecule has 0 aromatic carbocycles. The molecule has 1 aliphatic heterocycles. The van der Waals surface area contributed by atoms with Gasteiger partial charge in [-0.1, -0.05) is 0 Å². The molecule has 0 N–H and O–H groups in total. The summed E-state index contributed by atoms with van der Waals surface area (Å²) in [6.07, 6.45) is 5.62. The molecule has 1 saturated heterocycles. The summed E-state index contributed by atoms with van der Waals surface area (Å²) in [6.45, 7) is 22.1. The Hall–Kier alpha value is -0.120. The highest BCUT2D eigenvalue weighted by Gasteiger charge is 2.38. The highest BCUT2D eigenvalue weighted by molar-refractivity contribution is 4.92. The van der Waals surface area contributed by atoms with Crippen molar-refractivity contribution in [1.82, 2.24) is 9.80 Å². The first kappa shape index (κ1) is 20.2. The Labute approximate surface area is 151 Å². The van der Waals surface area contributed by atoms with E-state index in [1.54, 1.807) is 0 Å². The van der Waals surface area contributed by atoms with E-state index in [0.717, 1.165) is 12.0 Å². The van der Waals surface area contributed by atoms with Crippen molar-refractivity contribution in [2.45, 2.75) is 110 Å².